The minimum absolute atomic E-state index is 0.0906. The van der Waals surface area contributed by atoms with Crippen molar-refractivity contribution in [2.45, 2.75) is 45.6 Å². The molecular weight excluding hydrogens is 412 g/mol. The SMILES string of the molecule is C=C1CCC2[C@](C)(COC(=O)c3cccs3)[C@H](O)CC[C@@]2(C)[C@@H]1/C=C/C1C=COC1=O. The highest BCUT2D eigenvalue weighted by atomic mass is 32.1. The van der Waals surface area contributed by atoms with E-state index in [0.717, 1.165) is 24.8 Å². The third-order valence-corrected chi connectivity index (χ3v) is 8.55. The normalized spacial score (nSPS) is 37.6. The monoisotopic (exact) mass is 442 g/mol. The van der Waals surface area contributed by atoms with Crippen molar-refractivity contribution in [2.75, 3.05) is 6.61 Å². The molecule has 0 spiro atoms. The molecule has 4 rings (SSSR count). The van der Waals surface area contributed by atoms with Gasteiger partial charge in [0.25, 0.3) is 0 Å². The summed E-state index contributed by atoms with van der Waals surface area (Å²) < 4.78 is 10.6. The Bertz CT molecular complexity index is 916. The molecule has 0 radical (unpaired) electrons. The third kappa shape index (κ3) is 3.92. The zero-order valence-electron chi connectivity index (χ0n) is 18.1. The molecule has 0 aromatic carbocycles. The molecule has 1 aliphatic heterocycles. The number of carbonyl (C=O) groups excluding carboxylic acids is 2. The van der Waals surface area contributed by atoms with Gasteiger partial charge in [-0.25, -0.2) is 4.79 Å². The van der Waals surface area contributed by atoms with E-state index in [-0.39, 0.29) is 41.7 Å². The molecule has 6 heteroatoms. The molecule has 0 amide bonds. The number of allylic oxidation sites excluding steroid dienone is 2. The second-order valence-corrected chi connectivity index (χ2v) is 10.5. The molecule has 2 aliphatic carbocycles. The van der Waals surface area contributed by atoms with Crippen molar-refractivity contribution in [3.63, 3.8) is 0 Å². The minimum atomic E-state index is -0.543. The predicted octanol–water partition coefficient (Wildman–Crippen LogP) is 4.90. The van der Waals surface area contributed by atoms with Crippen LogP contribution in [0.4, 0.5) is 0 Å². The van der Waals surface area contributed by atoms with Gasteiger partial charge >= 0.3 is 11.9 Å². The van der Waals surface area contributed by atoms with E-state index in [1.165, 1.54) is 17.6 Å². The lowest BCUT2D eigenvalue weighted by Crippen LogP contribution is -2.57. The summed E-state index contributed by atoms with van der Waals surface area (Å²) in [4.78, 5) is 24.9. The Hall–Kier alpha value is -2.18. The van der Waals surface area contributed by atoms with E-state index in [9.17, 15) is 14.7 Å². The summed E-state index contributed by atoms with van der Waals surface area (Å²) in [6, 6.07) is 3.58. The summed E-state index contributed by atoms with van der Waals surface area (Å²) in [6.45, 7) is 8.83. The molecule has 5 nitrogen and oxygen atoms in total. The van der Waals surface area contributed by atoms with Gasteiger partial charge in [-0.05, 0) is 54.5 Å². The van der Waals surface area contributed by atoms with Crippen LogP contribution in [0.25, 0.3) is 0 Å². The first-order chi connectivity index (χ1) is 14.8. The van der Waals surface area contributed by atoms with Gasteiger partial charge in [0.2, 0.25) is 0 Å². The molecule has 1 aromatic heterocycles. The fourth-order valence-electron chi connectivity index (χ4n) is 5.88. The van der Waals surface area contributed by atoms with Crippen LogP contribution in [0.1, 0.15) is 49.2 Å². The molecule has 0 bridgehead atoms. The molecule has 2 heterocycles. The number of ether oxygens (including phenoxy) is 2. The van der Waals surface area contributed by atoms with Crippen LogP contribution < -0.4 is 0 Å². The molecule has 1 aromatic rings. The first-order valence-corrected chi connectivity index (χ1v) is 11.8. The maximum Gasteiger partial charge on any atom is 0.348 e. The Morgan fingerprint density at radius 1 is 1.39 bits per heavy atom. The minimum Gasteiger partial charge on any atom is -0.461 e. The van der Waals surface area contributed by atoms with Gasteiger partial charge in [0.15, 0.2) is 0 Å². The molecule has 2 unspecified atom stereocenters. The summed E-state index contributed by atoms with van der Waals surface area (Å²) >= 11 is 1.36. The number of rotatable bonds is 5. The number of hydrogen-bond donors (Lipinski definition) is 1. The van der Waals surface area contributed by atoms with Gasteiger partial charge in [-0.1, -0.05) is 44.2 Å². The first kappa shape index (κ1) is 22.0. The van der Waals surface area contributed by atoms with E-state index < -0.39 is 11.5 Å². The van der Waals surface area contributed by atoms with E-state index in [4.69, 9.17) is 9.47 Å². The second-order valence-electron chi connectivity index (χ2n) is 9.52. The molecule has 2 saturated carbocycles. The van der Waals surface area contributed by atoms with Crippen molar-refractivity contribution in [1.29, 1.82) is 0 Å². The van der Waals surface area contributed by atoms with Crippen molar-refractivity contribution in [3.05, 3.63) is 59.0 Å². The number of aliphatic hydroxyl groups excluding tert-OH is 1. The predicted molar refractivity (Wildman–Crippen MR) is 119 cm³/mol. The topological polar surface area (TPSA) is 72.8 Å². The Morgan fingerprint density at radius 2 is 2.19 bits per heavy atom. The van der Waals surface area contributed by atoms with Crippen molar-refractivity contribution in [2.24, 2.45) is 28.6 Å². The second kappa shape index (κ2) is 8.40. The Kier molecular flexibility index (Phi) is 5.97. The molecule has 1 N–H and O–H groups in total. The Morgan fingerprint density at radius 3 is 2.87 bits per heavy atom. The van der Waals surface area contributed by atoms with Gasteiger partial charge in [0, 0.05) is 11.3 Å². The number of fused-ring (bicyclic) bond motifs is 1. The van der Waals surface area contributed by atoms with Crippen LogP contribution in [-0.2, 0) is 14.3 Å². The van der Waals surface area contributed by atoms with Crippen molar-refractivity contribution in [1.82, 2.24) is 0 Å². The van der Waals surface area contributed by atoms with E-state index in [1.54, 1.807) is 12.1 Å². The number of esters is 2. The fourth-order valence-corrected chi connectivity index (χ4v) is 6.50. The van der Waals surface area contributed by atoms with Gasteiger partial charge in [0.1, 0.15) is 4.88 Å². The van der Waals surface area contributed by atoms with Gasteiger partial charge in [0.05, 0.1) is 24.9 Å². The molecular formula is C25H30O5S. The van der Waals surface area contributed by atoms with Crippen LogP contribution in [0.15, 0.2) is 54.2 Å². The van der Waals surface area contributed by atoms with Crippen LogP contribution in [0, 0.1) is 28.6 Å². The first-order valence-electron chi connectivity index (χ1n) is 10.9. The van der Waals surface area contributed by atoms with Gasteiger partial charge in [-0.2, -0.15) is 0 Å². The average Bonchev–Trinajstić information content (AvgIpc) is 3.41. The highest BCUT2D eigenvalue weighted by molar-refractivity contribution is 7.11. The number of carbonyl (C=O) groups is 2. The lowest BCUT2D eigenvalue weighted by Gasteiger charge is -2.59. The van der Waals surface area contributed by atoms with E-state index >= 15 is 0 Å². The molecule has 3 aliphatic rings. The summed E-state index contributed by atoms with van der Waals surface area (Å²) in [7, 11) is 0. The summed E-state index contributed by atoms with van der Waals surface area (Å²) in [5.41, 5.74) is 0.472. The van der Waals surface area contributed by atoms with Crippen molar-refractivity contribution >= 4 is 23.3 Å². The standard InChI is InChI=1S/C25H30O5S/c1-16-6-9-20-24(2,18(16)8-7-17-11-13-29-22(17)27)12-10-21(26)25(20,3)15-30-23(28)19-5-4-14-31-19/h4-5,7-8,11,13-14,17-18,20-21,26H,1,6,9-10,12,15H2,2-3H3/b8-7+/t17?,18-,20?,21-,24+,25+/m1/s1. The van der Waals surface area contributed by atoms with Crippen LogP contribution in [0.3, 0.4) is 0 Å². The average molecular weight is 443 g/mol. The quantitative estimate of drug-likeness (QED) is 0.519. The van der Waals surface area contributed by atoms with E-state index in [2.05, 4.69) is 19.6 Å². The maximum absolute atomic E-state index is 12.5. The van der Waals surface area contributed by atoms with Crippen LogP contribution >= 0.6 is 11.3 Å². The molecule has 31 heavy (non-hydrogen) atoms. The summed E-state index contributed by atoms with van der Waals surface area (Å²) in [6.07, 6.45) is 9.91. The summed E-state index contributed by atoms with van der Waals surface area (Å²) in [5, 5.41) is 12.9. The van der Waals surface area contributed by atoms with Crippen LogP contribution in [0.2, 0.25) is 0 Å². The van der Waals surface area contributed by atoms with Gasteiger partial charge in [-0.3, -0.25) is 4.79 Å². The van der Waals surface area contributed by atoms with Crippen LogP contribution in [-0.4, -0.2) is 29.8 Å². The maximum atomic E-state index is 12.5. The zero-order chi connectivity index (χ0) is 22.2. The number of aliphatic hydroxyl groups is 1. The lowest BCUT2D eigenvalue weighted by molar-refractivity contribution is -0.147. The highest BCUT2D eigenvalue weighted by Gasteiger charge is 2.57. The smallest absolute Gasteiger partial charge is 0.348 e. The lowest BCUT2D eigenvalue weighted by atomic mass is 9.46. The fraction of sp³-hybridized carbons (Fsp3) is 0.520. The molecule has 6 atom stereocenters. The van der Waals surface area contributed by atoms with Crippen molar-refractivity contribution < 1.29 is 24.2 Å². The molecule has 166 valence electrons. The molecule has 0 saturated heterocycles. The number of hydrogen-bond acceptors (Lipinski definition) is 6. The zero-order valence-corrected chi connectivity index (χ0v) is 18.9. The molecule has 2 fully saturated rings. The number of thiophene rings is 1. The van der Waals surface area contributed by atoms with Crippen molar-refractivity contribution in [3.8, 4) is 0 Å². The summed E-state index contributed by atoms with van der Waals surface area (Å²) in [5.74, 6) is -0.703. The van der Waals surface area contributed by atoms with Gasteiger partial charge < -0.3 is 14.6 Å². The van der Waals surface area contributed by atoms with Gasteiger partial charge in [-0.15, -0.1) is 11.3 Å². The number of cyclic esters (lactones) is 1. The largest absolute Gasteiger partial charge is 0.461 e. The Balaban J connectivity index is 1.57. The third-order valence-electron chi connectivity index (χ3n) is 7.70. The van der Waals surface area contributed by atoms with E-state index in [0.29, 0.717) is 11.3 Å². The highest BCUT2D eigenvalue weighted by Crippen LogP contribution is 2.61. The van der Waals surface area contributed by atoms with E-state index in [1.807, 2.05) is 24.4 Å². The Labute approximate surface area is 187 Å². The van der Waals surface area contributed by atoms with Crippen LogP contribution in [0.5, 0.6) is 0 Å².